The molecule has 0 atom stereocenters. The largest absolute Gasteiger partial charge is 0.478 e. The fraction of sp³-hybridized carbons (Fsp3) is 0.385. The van der Waals surface area contributed by atoms with Gasteiger partial charge in [-0.05, 0) is 18.5 Å². The monoisotopic (exact) mass is 356 g/mol. The smallest absolute Gasteiger partial charge is 0.338 e. The van der Waals surface area contributed by atoms with E-state index in [9.17, 15) is 18.3 Å². The van der Waals surface area contributed by atoms with Crippen molar-refractivity contribution in [3.05, 3.63) is 34.0 Å². The summed E-state index contributed by atoms with van der Waals surface area (Å²) in [6.07, 6.45) is 3.78. The summed E-state index contributed by atoms with van der Waals surface area (Å²) >= 11 is 1.02. The Morgan fingerprint density at radius 2 is 2.35 bits per heavy atom. The molecule has 0 amide bonds. The maximum absolute atomic E-state index is 12.5. The number of rotatable bonds is 5. The number of carbonyl (C=O) groups is 1. The van der Waals surface area contributed by atoms with Crippen molar-refractivity contribution >= 4 is 27.3 Å². The number of nitrogens with one attached hydrogen (secondary N) is 2. The van der Waals surface area contributed by atoms with Gasteiger partial charge < -0.3 is 10.4 Å². The van der Waals surface area contributed by atoms with E-state index in [4.69, 9.17) is 0 Å². The second kappa shape index (κ2) is 6.04. The third-order valence-corrected chi connectivity index (χ3v) is 6.73. The molecule has 0 radical (unpaired) electrons. The van der Waals surface area contributed by atoms with E-state index in [2.05, 4.69) is 15.1 Å². The van der Waals surface area contributed by atoms with E-state index in [1.807, 2.05) is 0 Å². The predicted octanol–water partition coefficient (Wildman–Crippen LogP) is 0.304. The lowest BCUT2D eigenvalue weighted by atomic mass is 10.1. The summed E-state index contributed by atoms with van der Waals surface area (Å²) in [5.41, 5.74) is 1.24. The third-order valence-electron chi connectivity index (χ3n) is 3.58. The van der Waals surface area contributed by atoms with Crippen molar-refractivity contribution < 1.29 is 18.3 Å². The lowest BCUT2D eigenvalue weighted by Gasteiger charge is -2.12. The highest BCUT2D eigenvalue weighted by Gasteiger charge is 2.31. The van der Waals surface area contributed by atoms with Gasteiger partial charge in [-0.2, -0.15) is 5.10 Å². The van der Waals surface area contributed by atoms with Gasteiger partial charge in [0.1, 0.15) is 4.21 Å². The van der Waals surface area contributed by atoms with E-state index in [-0.39, 0.29) is 16.3 Å². The van der Waals surface area contributed by atoms with Gasteiger partial charge in [0.2, 0.25) is 0 Å². The van der Waals surface area contributed by atoms with Crippen molar-refractivity contribution in [2.75, 3.05) is 6.54 Å². The lowest BCUT2D eigenvalue weighted by molar-refractivity contribution is 0.0692. The van der Waals surface area contributed by atoms with Crippen LogP contribution in [0.1, 0.15) is 26.4 Å². The van der Waals surface area contributed by atoms with E-state index < -0.39 is 16.0 Å². The first kappa shape index (κ1) is 16.1. The summed E-state index contributed by atoms with van der Waals surface area (Å²) in [5.74, 6) is -1.20. The number of aromatic nitrogens is 2. The number of fused-ring (bicyclic) bond motifs is 1. The molecule has 3 heterocycles. The fourth-order valence-electron chi connectivity index (χ4n) is 2.52. The molecule has 0 saturated carbocycles. The van der Waals surface area contributed by atoms with Crippen LogP contribution in [0.5, 0.6) is 0 Å². The molecule has 0 saturated heterocycles. The minimum absolute atomic E-state index is 0.0655. The van der Waals surface area contributed by atoms with Crippen LogP contribution >= 0.6 is 11.3 Å². The Bertz CT molecular complexity index is 853. The molecule has 0 aromatic carbocycles. The van der Waals surface area contributed by atoms with Gasteiger partial charge >= 0.3 is 5.97 Å². The molecule has 0 bridgehead atoms. The molecule has 0 unspecified atom stereocenters. The van der Waals surface area contributed by atoms with Crippen molar-refractivity contribution in [1.29, 1.82) is 0 Å². The maximum atomic E-state index is 12.5. The minimum Gasteiger partial charge on any atom is -0.478 e. The van der Waals surface area contributed by atoms with Crippen LogP contribution < -0.4 is 10.0 Å². The zero-order valence-electron chi connectivity index (χ0n) is 12.4. The highest BCUT2D eigenvalue weighted by molar-refractivity contribution is 7.91. The standard InChI is InChI=1S/C13H16N4O4S2/c1-17-7-8(4-15-17)5-16-23(20,21)13-11(12(18)19)9-2-3-14-6-10(9)22-13/h4,7,14,16H,2-3,5-6H2,1H3,(H,18,19). The number of aromatic carboxylic acids is 1. The van der Waals surface area contributed by atoms with Gasteiger partial charge in [0, 0.05) is 36.8 Å². The number of carboxylic acids is 1. The number of aryl methyl sites for hydroxylation is 1. The summed E-state index contributed by atoms with van der Waals surface area (Å²) in [6.45, 7) is 1.21. The molecular formula is C13H16N4O4S2. The normalized spacial score (nSPS) is 14.7. The van der Waals surface area contributed by atoms with Gasteiger partial charge in [0.15, 0.2) is 0 Å². The van der Waals surface area contributed by atoms with Crippen LogP contribution in [0.2, 0.25) is 0 Å². The summed E-state index contributed by atoms with van der Waals surface area (Å²) in [6, 6.07) is 0. The quantitative estimate of drug-likeness (QED) is 0.710. The van der Waals surface area contributed by atoms with Crippen LogP contribution in [0.25, 0.3) is 0 Å². The molecule has 124 valence electrons. The molecular weight excluding hydrogens is 340 g/mol. The number of hydrogen-bond donors (Lipinski definition) is 3. The van der Waals surface area contributed by atoms with Crippen molar-refractivity contribution in [3.8, 4) is 0 Å². The number of carboxylic acid groups (broad SMARTS) is 1. The van der Waals surface area contributed by atoms with Gasteiger partial charge in [-0.15, -0.1) is 11.3 Å². The van der Waals surface area contributed by atoms with Gasteiger partial charge in [0.25, 0.3) is 10.0 Å². The Labute approximate surface area is 137 Å². The minimum atomic E-state index is -3.90. The van der Waals surface area contributed by atoms with Gasteiger partial charge in [-0.1, -0.05) is 0 Å². The number of sulfonamides is 1. The highest BCUT2D eigenvalue weighted by atomic mass is 32.2. The summed E-state index contributed by atoms with van der Waals surface area (Å²) in [7, 11) is -2.16. The summed E-state index contributed by atoms with van der Waals surface area (Å²) in [4.78, 5) is 12.3. The first-order chi connectivity index (χ1) is 10.9. The Hall–Kier alpha value is -1.75. The van der Waals surface area contributed by atoms with Crippen molar-refractivity contribution in [1.82, 2.24) is 19.8 Å². The SMILES string of the molecule is Cn1cc(CNS(=O)(=O)c2sc3c(c2C(=O)O)CCNC3)cn1. The molecule has 0 fully saturated rings. The average Bonchev–Trinajstić information content (AvgIpc) is 3.09. The Balaban J connectivity index is 1.93. The highest BCUT2D eigenvalue weighted by Crippen LogP contribution is 2.34. The zero-order chi connectivity index (χ0) is 16.6. The summed E-state index contributed by atoms with van der Waals surface area (Å²) in [5, 5.41) is 16.5. The van der Waals surface area contributed by atoms with E-state index in [1.165, 1.54) is 0 Å². The first-order valence-corrected chi connectivity index (χ1v) is 9.24. The van der Waals surface area contributed by atoms with E-state index in [0.717, 1.165) is 16.2 Å². The van der Waals surface area contributed by atoms with Crippen LogP contribution in [-0.4, -0.2) is 35.8 Å². The average molecular weight is 356 g/mol. The number of nitrogens with zero attached hydrogens (tertiary/aromatic N) is 2. The second-order valence-electron chi connectivity index (χ2n) is 5.24. The molecule has 1 aliphatic heterocycles. The molecule has 23 heavy (non-hydrogen) atoms. The third kappa shape index (κ3) is 3.15. The molecule has 3 rings (SSSR count). The van der Waals surface area contributed by atoms with Crippen LogP contribution in [0.3, 0.4) is 0 Å². The first-order valence-electron chi connectivity index (χ1n) is 6.94. The van der Waals surface area contributed by atoms with Crippen LogP contribution in [0.15, 0.2) is 16.6 Å². The predicted molar refractivity (Wildman–Crippen MR) is 83.9 cm³/mol. The molecule has 8 nitrogen and oxygen atoms in total. The lowest BCUT2D eigenvalue weighted by Crippen LogP contribution is -2.25. The molecule has 2 aromatic heterocycles. The van der Waals surface area contributed by atoms with Gasteiger partial charge in [-0.3, -0.25) is 4.68 Å². The summed E-state index contributed by atoms with van der Waals surface area (Å²) < 4.78 is 29.0. The molecule has 2 aromatic rings. The van der Waals surface area contributed by atoms with Gasteiger partial charge in [-0.25, -0.2) is 17.9 Å². The Kier molecular flexibility index (Phi) is 4.23. The molecule has 0 aliphatic carbocycles. The zero-order valence-corrected chi connectivity index (χ0v) is 14.0. The molecule has 0 spiro atoms. The number of thiophene rings is 1. The van der Waals surface area contributed by atoms with E-state index in [1.54, 1.807) is 24.1 Å². The number of hydrogen-bond acceptors (Lipinski definition) is 6. The maximum Gasteiger partial charge on any atom is 0.338 e. The molecule has 10 heteroatoms. The molecule has 1 aliphatic rings. The van der Waals surface area contributed by atoms with E-state index >= 15 is 0 Å². The second-order valence-corrected chi connectivity index (χ2v) is 8.31. The van der Waals surface area contributed by atoms with E-state index in [0.29, 0.717) is 30.6 Å². The Morgan fingerprint density at radius 3 is 3.00 bits per heavy atom. The Morgan fingerprint density at radius 1 is 1.57 bits per heavy atom. The van der Waals surface area contributed by atoms with Crippen LogP contribution in [0.4, 0.5) is 0 Å². The van der Waals surface area contributed by atoms with Crippen molar-refractivity contribution in [3.63, 3.8) is 0 Å². The topological polar surface area (TPSA) is 113 Å². The van der Waals surface area contributed by atoms with Crippen molar-refractivity contribution in [2.24, 2.45) is 7.05 Å². The van der Waals surface area contributed by atoms with Crippen molar-refractivity contribution in [2.45, 2.75) is 23.7 Å². The van der Waals surface area contributed by atoms with Crippen LogP contribution in [-0.2, 0) is 36.6 Å². The molecule has 3 N–H and O–H groups in total. The van der Waals surface area contributed by atoms with Crippen LogP contribution in [0, 0.1) is 0 Å². The fourth-order valence-corrected chi connectivity index (χ4v) is 5.44. The van der Waals surface area contributed by atoms with Gasteiger partial charge in [0.05, 0.1) is 11.8 Å².